The minimum atomic E-state index is -4.11. The quantitative estimate of drug-likeness (QED) is 0.783. The Kier molecular flexibility index (Phi) is 4.68. The summed E-state index contributed by atoms with van der Waals surface area (Å²) in [6, 6.07) is 5.45. The van der Waals surface area contributed by atoms with Gasteiger partial charge in [-0.3, -0.25) is 0 Å². The molecule has 0 aliphatic carbocycles. The maximum atomic E-state index is 12.7. The van der Waals surface area contributed by atoms with Gasteiger partial charge < -0.3 is 0 Å². The molecule has 0 saturated carbocycles. The standard InChI is InChI=1S/C13H18ClNO4S2/c1-10-7-8-15(9-11(10)2)21(18,19)13-6-4-3-5-12(13)20(14,16)17/h3-6,10-11H,7-9H2,1-2H3. The molecular formula is C13H18ClNO4S2. The minimum absolute atomic E-state index is 0.230. The Morgan fingerprint density at radius 2 is 1.62 bits per heavy atom. The molecule has 2 unspecified atom stereocenters. The summed E-state index contributed by atoms with van der Waals surface area (Å²) in [7, 11) is -2.63. The topological polar surface area (TPSA) is 71.5 Å². The van der Waals surface area contributed by atoms with E-state index in [1.807, 2.05) is 6.92 Å². The number of hydrogen-bond donors (Lipinski definition) is 0. The molecule has 1 saturated heterocycles. The zero-order chi connectivity index (χ0) is 15.8. The molecule has 21 heavy (non-hydrogen) atoms. The molecule has 1 fully saturated rings. The van der Waals surface area contributed by atoms with Crippen LogP contribution in [0, 0.1) is 11.8 Å². The predicted octanol–water partition coefficient (Wildman–Crippen LogP) is 2.28. The Hall–Kier alpha value is -0.630. The van der Waals surface area contributed by atoms with Gasteiger partial charge in [-0.15, -0.1) is 0 Å². The first-order valence-electron chi connectivity index (χ1n) is 6.68. The zero-order valence-electron chi connectivity index (χ0n) is 11.9. The molecular weight excluding hydrogens is 334 g/mol. The zero-order valence-corrected chi connectivity index (χ0v) is 14.2. The normalized spacial score (nSPS) is 24.9. The fourth-order valence-corrected chi connectivity index (χ4v) is 5.81. The van der Waals surface area contributed by atoms with Crippen LogP contribution in [0.2, 0.25) is 0 Å². The molecule has 0 amide bonds. The molecule has 5 nitrogen and oxygen atoms in total. The highest BCUT2D eigenvalue weighted by Gasteiger charge is 2.34. The Labute approximate surface area is 130 Å². The summed E-state index contributed by atoms with van der Waals surface area (Å²) >= 11 is 0. The second-order valence-electron chi connectivity index (χ2n) is 5.49. The molecule has 8 heteroatoms. The van der Waals surface area contributed by atoms with Crippen molar-refractivity contribution in [2.24, 2.45) is 11.8 Å². The van der Waals surface area contributed by atoms with Crippen molar-refractivity contribution in [2.45, 2.75) is 30.1 Å². The number of piperidine rings is 1. The van der Waals surface area contributed by atoms with Crippen LogP contribution in [-0.4, -0.2) is 34.2 Å². The van der Waals surface area contributed by atoms with Crippen LogP contribution in [-0.2, 0) is 19.1 Å². The average molecular weight is 352 g/mol. The van der Waals surface area contributed by atoms with E-state index in [0.717, 1.165) is 6.42 Å². The smallest absolute Gasteiger partial charge is 0.207 e. The van der Waals surface area contributed by atoms with E-state index in [9.17, 15) is 16.8 Å². The van der Waals surface area contributed by atoms with E-state index in [2.05, 4.69) is 6.92 Å². The molecule has 0 radical (unpaired) electrons. The molecule has 1 heterocycles. The van der Waals surface area contributed by atoms with E-state index in [4.69, 9.17) is 10.7 Å². The van der Waals surface area contributed by atoms with Crippen molar-refractivity contribution in [3.05, 3.63) is 24.3 Å². The Morgan fingerprint density at radius 3 is 2.14 bits per heavy atom. The third kappa shape index (κ3) is 3.41. The largest absolute Gasteiger partial charge is 0.262 e. The average Bonchev–Trinajstić information content (AvgIpc) is 2.41. The summed E-state index contributed by atoms with van der Waals surface area (Å²) in [6.07, 6.45) is 0.760. The highest BCUT2D eigenvalue weighted by molar-refractivity contribution is 8.14. The summed E-state index contributed by atoms with van der Waals surface area (Å²) in [5.74, 6) is 0.678. The third-order valence-corrected chi connectivity index (χ3v) is 7.46. The molecule has 2 atom stereocenters. The van der Waals surface area contributed by atoms with Gasteiger partial charge in [0, 0.05) is 23.8 Å². The third-order valence-electron chi connectivity index (χ3n) is 4.03. The number of hydrogen-bond acceptors (Lipinski definition) is 4. The van der Waals surface area contributed by atoms with Gasteiger partial charge in [0.2, 0.25) is 10.0 Å². The van der Waals surface area contributed by atoms with Gasteiger partial charge in [0.1, 0.15) is 9.79 Å². The summed E-state index contributed by atoms with van der Waals surface area (Å²) in [6.45, 7) is 4.87. The SMILES string of the molecule is CC1CCN(S(=O)(=O)c2ccccc2S(=O)(=O)Cl)CC1C. The van der Waals surface area contributed by atoms with Crippen molar-refractivity contribution < 1.29 is 16.8 Å². The van der Waals surface area contributed by atoms with Crippen molar-refractivity contribution in [1.82, 2.24) is 4.31 Å². The highest BCUT2D eigenvalue weighted by atomic mass is 35.7. The van der Waals surface area contributed by atoms with Crippen LogP contribution in [0.15, 0.2) is 34.1 Å². The van der Waals surface area contributed by atoms with E-state index in [1.165, 1.54) is 28.6 Å². The number of nitrogens with zero attached hydrogens (tertiary/aromatic N) is 1. The maximum Gasteiger partial charge on any atom is 0.262 e. The van der Waals surface area contributed by atoms with Crippen molar-refractivity contribution in [3.63, 3.8) is 0 Å². The molecule has 0 aromatic heterocycles. The Morgan fingerprint density at radius 1 is 1.05 bits per heavy atom. The van der Waals surface area contributed by atoms with Gasteiger partial charge in [-0.1, -0.05) is 26.0 Å². The van der Waals surface area contributed by atoms with Crippen LogP contribution in [0.4, 0.5) is 0 Å². The van der Waals surface area contributed by atoms with Crippen LogP contribution in [0.25, 0.3) is 0 Å². The number of halogens is 1. The van der Waals surface area contributed by atoms with Gasteiger partial charge in [-0.05, 0) is 30.4 Å². The molecule has 0 spiro atoms. The lowest BCUT2D eigenvalue weighted by molar-refractivity contribution is 0.212. The van der Waals surface area contributed by atoms with E-state index in [-0.39, 0.29) is 15.7 Å². The van der Waals surface area contributed by atoms with Gasteiger partial charge in [0.25, 0.3) is 9.05 Å². The molecule has 1 aromatic carbocycles. The lowest BCUT2D eigenvalue weighted by atomic mass is 9.90. The van der Waals surface area contributed by atoms with Crippen molar-refractivity contribution in [3.8, 4) is 0 Å². The molecule has 2 rings (SSSR count). The lowest BCUT2D eigenvalue weighted by Crippen LogP contribution is -2.42. The fraction of sp³-hybridized carbons (Fsp3) is 0.538. The predicted molar refractivity (Wildman–Crippen MR) is 81.2 cm³/mol. The molecule has 0 N–H and O–H groups in total. The van der Waals surface area contributed by atoms with E-state index < -0.39 is 19.1 Å². The minimum Gasteiger partial charge on any atom is -0.207 e. The molecule has 1 aromatic rings. The number of rotatable bonds is 3. The first-order valence-corrected chi connectivity index (χ1v) is 10.4. The Bertz CT molecular complexity index is 730. The molecule has 1 aliphatic rings. The van der Waals surface area contributed by atoms with Gasteiger partial charge in [-0.25, -0.2) is 16.8 Å². The number of benzene rings is 1. The van der Waals surface area contributed by atoms with Gasteiger partial charge in [-0.2, -0.15) is 4.31 Å². The van der Waals surface area contributed by atoms with Crippen molar-refractivity contribution in [1.29, 1.82) is 0 Å². The van der Waals surface area contributed by atoms with Gasteiger partial charge >= 0.3 is 0 Å². The second kappa shape index (κ2) is 5.87. The van der Waals surface area contributed by atoms with Crippen LogP contribution in [0.3, 0.4) is 0 Å². The first kappa shape index (κ1) is 16.7. The monoisotopic (exact) mass is 351 g/mol. The van der Waals surface area contributed by atoms with Crippen molar-refractivity contribution >= 4 is 29.8 Å². The molecule has 1 aliphatic heterocycles. The van der Waals surface area contributed by atoms with Crippen molar-refractivity contribution in [2.75, 3.05) is 13.1 Å². The summed E-state index contributed by atoms with van der Waals surface area (Å²) in [4.78, 5) is -0.611. The number of sulfonamides is 1. The van der Waals surface area contributed by atoms with Crippen LogP contribution >= 0.6 is 10.7 Å². The van der Waals surface area contributed by atoms with Crippen LogP contribution < -0.4 is 0 Å². The van der Waals surface area contributed by atoms with E-state index in [0.29, 0.717) is 19.0 Å². The summed E-state index contributed by atoms with van der Waals surface area (Å²) in [5, 5.41) is 0. The van der Waals surface area contributed by atoms with E-state index >= 15 is 0 Å². The highest BCUT2D eigenvalue weighted by Crippen LogP contribution is 2.31. The van der Waals surface area contributed by atoms with Crippen LogP contribution in [0.5, 0.6) is 0 Å². The second-order valence-corrected chi connectivity index (χ2v) is 9.93. The Balaban J connectivity index is 2.47. The first-order chi connectivity index (χ1) is 9.64. The molecule has 118 valence electrons. The maximum absolute atomic E-state index is 12.7. The van der Waals surface area contributed by atoms with Gasteiger partial charge in [0.05, 0.1) is 0 Å². The van der Waals surface area contributed by atoms with E-state index in [1.54, 1.807) is 0 Å². The fourth-order valence-electron chi connectivity index (χ4n) is 2.45. The summed E-state index contributed by atoms with van der Waals surface area (Å²) in [5.41, 5.74) is 0. The molecule has 0 bridgehead atoms. The van der Waals surface area contributed by atoms with Crippen LogP contribution in [0.1, 0.15) is 20.3 Å². The lowest BCUT2D eigenvalue weighted by Gasteiger charge is -2.34. The summed E-state index contributed by atoms with van der Waals surface area (Å²) < 4.78 is 49.9. The van der Waals surface area contributed by atoms with Gasteiger partial charge in [0.15, 0.2) is 0 Å².